The molecule has 0 radical (unpaired) electrons. The number of halogens is 3. The molecular formula is C15H18F3N5O. The van der Waals surface area contributed by atoms with Gasteiger partial charge in [0.15, 0.2) is 5.69 Å². The van der Waals surface area contributed by atoms with Crippen molar-refractivity contribution in [3.8, 4) is 0 Å². The van der Waals surface area contributed by atoms with E-state index in [0.29, 0.717) is 11.4 Å². The zero-order valence-corrected chi connectivity index (χ0v) is 13.4. The van der Waals surface area contributed by atoms with Crippen molar-refractivity contribution in [2.75, 3.05) is 5.32 Å². The Labute approximate surface area is 136 Å². The van der Waals surface area contributed by atoms with Crippen LogP contribution in [-0.2, 0) is 24.6 Å². The van der Waals surface area contributed by atoms with Gasteiger partial charge in [-0.15, -0.1) is 0 Å². The first-order valence-electron chi connectivity index (χ1n) is 7.69. The molecule has 0 spiro atoms. The summed E-state index contributed by atoms with van der Waals surface area (Å²) in [6, 6.07) is 1.10. The molecule has 2 aromatic heterocycles. The lowest BCUT2D eigenvalue weighted by atomic mass is 10.2. The van der Waals surface area contributed by atoms with E-state index in [-0.39, 0.29) is 24.8 Å². The van der Waals surface area contributed by atoms with Gasteiger partial charge in [-0.05, 0) is 25.8 Å². The predicted octanol–water partition coefficient (Wildman–Crippen LogP) is 2.85. The highest BCUT2D eigenvalue weighted by molar-refractivity contribution is 5.91. The Kier molecular flexibility index (Phi) is 4.10. The average molecular weight is 341 g/mol. The number of anilines is 1. The Hall–Kier alpha value is -2.32. The van der Waals surface area contributed by atoms with Crippen molar-refractivity contribution < 1.29 is 18.0 Å². The van der Waals surface area contributed by atoms with Gasteiger partial charge in [0.05, 0.1) is 17.6 Å². The molecular weight excluding hydrogens is 323 g/mol. The van der Waals surface area contributed by atoms with Crippen molar-refractivity contribution in [1.29, 1.82) is 0 Å². The quantitative estimate of drug-likeness (QED) is 0.909. The molecule has 1 fully saturated rings. The second kappa shape index (κ2) is 5.95. The lowest BCUT2D eigenvalue weighted by Gasteiger charge is -2.07. The number of nitrogens with one attached hydrogen (secondary N) is 1. The van der Waals surface area contributed by atoms with Crippen LogP contribution in [0.5, 0.6) is 0 Å². The molecule has 1 aliphatic carbocycles. The second-order valence-corrected chi connectivity index (χ2v) is 6.02. The third-order valence-electron chi connectivity index (χ3n) is 4.16. The van der Waals surface area contributed by atoms with Gasteiger partial charge in [0.2, 0.25) is 5.91 Å². The monoisotopic (exact) mass is 341 g/mol. The average Bonchev–Trinajstić information content (AvgIpc) is 3.18. The van der Waals surface area contributed by atoms with E-state index in [4.69, 9.17) is 0 Å². The third kappa shape index (κ3) is 3.44. The minimum atomic E-state index is -4.47. The van der Waals surface area contributed by atoms with E-state index >= 15 is 0 Å². The molecule has 0 bridgehead atoms. The fourth-order valence-corrected chi connectivity index (χ4v) is 2.50. The van der Waals surface area contributed by atoms with E-state index in [9.17, 15) is 18.0 Å². The van der Waals surface area contributed by atoms with Crippen LogP contribution >= 0.6 is 0 Å². The molecule has 1 amide bonds. The van der Waals surface area contributed by atoms with Gasteiger partial charge in [-0.3, -0.25) is 14.2 Å². The maximum absolute atomic E-state index is 12.8. The first-order valence-corrected chi connectivity index (χ1v) is 7.69. The summed E-state index contributed by atoms with van der Waals surface area (Å²) in [5, 5.41) is 10.4. The number of aromatic nitrogens is 4. The Balaban J connectivity index is 1.66. The van der Waals surface area contributed by atoms with E-state index < -0.39 is 11.9 Å². The Morgan fingerprint density at radius 3 is 2.67 bits per heavy atom. The highest BCUT2D eigenvalue weighted by Crippen LogP contribution is 2.42. The van der Waals surface area contributed by atoms with Crippen LogP contribution in [-0.4, -0.2) is 25.5 Å². The molecule has 3 rings (SSSR count). The third-order valence-corrected chi connectivity index (χ3v) is 4.16. The first kappa shape index (κ1) is 16.5. The molecule has 24 heavy (non-hydrogen) atoms. The molecule has 2 heterocycles. The highest BCUT2D eigenvalue weighted by atomic mass is 19.4. The zero-order valence-electron chi connectivity index (χ0n) is 13.4. The number of nitrogens with zero attached hydrogens (tertiary/aromatic N) is 4. The van der Waals surface area contributed by atoms with E-state index in [1.807, 2.05) is 6.92 Å². The topological polar surface area (TPSA) is 64.7 Å². The second-order valence-electron chi connectivity index (χ2n) is 6.02. The molecule has 6 nitrogen and oxygen atoms in total. The summed E-state index contributed by atoms with van der Waals surface area (Å²) in [6.45, 7) is 1.93. The van der Waals surface area contributed by atoms with Crippen LogP contribution in [0.1, 0.15) is 42.3 Å². The molecule has 1 N–H and O–H groups in total. The number of hydrogen-bond acceptors (Lipinski definition) is 3. The molecule has 0 aromatic carbocycles. The number of alkyl halides is 3. The van der Waals surface area contributed by atoms with Crippen molar-refractivity contribution in [3.63, 3.8) is 0 Å². The fourth-order valence-electron chi connectivity index (χ4n) is 2.50. The molecule has 0 aliphatic heterocycles. The molecule has 1 saturated carbocycles. The van der Waals surface area contributed by atoms with E-state index in [2.05, 4.69) is 15.5 Å². The first-order chi connectivity index (χ1) is 11.3. The summed E-state index contributed by atoms with van der Waals surface area (Å²) in [6.07, 6.45) is -1.15. The zero-order chi connectivity index (χ0) is 17.5. The van der Waals surface area contributed by atoms with Crippen molar-refractivity contribution >= 4 is 11.6 Å². The van der Waals surface area contributed by atoms with Gasteiger partial charge in [0.1, 0.15) is 0 Å². The maximum atomic E-state index is 12.8. The molecule has 9 heteroatoms. The van der Waals surface area contributed by atoms with Crippen molar-refractivity contribution in [2.45, 2.75) is 44.8 Å². The van der Waals surface area contributed by atoms with Crippen molar-refractivity contribution in [3.05, 3.63) is 29.3 Å². The predicted molar refractivity (Wildman–Crippen MR) is 80.4 cm³/mol. The number of aryl methyl sites for hydroxylation is 2. The minimum absolute atomic E-state index is 0.0486. The Morgan fingerprint density at radius 2 is 2.12 bits per heavy atom. The molecule has 0 atom stereocenters. The Morgan fingerprint density at radius 1 is 1.42 bits per heavy atom. The fraction of sp³-hybridized carbons (Fsp3) is 0.533. The van der Waals surface area contributed by atoms with Gasteiger partial charge in [-0.25, -0.2) is 0 Å². The number of rotatable bonds is 5. The van der Waals surface area contributed by atoms with Gasteiger partial charge in [-0.2, -0.15) is 23.4 Å². The van der Waals surface area contributed by atoms with Crippen molar-refractivity contribution in [1.82, 2.24) is 19.6 Å². The van der Waals surface area contributed by atoms with Crippen LogP contribution in [0.2, 0.25) is 0 Å². The van der Waals surface area contributed by atoms with Crippen LogP contribution in [0.15, 0.2) is 12.3 Å². The van der Waals surface area contributed by atoms with E-state index in [1.54, 1.807) is 17.9 Å². The largest absolute Gasteiger partial charge is 0.435 e. The number of hydrogen-bond donors (Lipinski definition) is 1. The van der Waals surface area contributed by atoms with Crippen LogP contribution in [0.4, 0.5) is 18.9 Å². The van der Waals surface area contributed by atoms with Crippen molar-refractivity contribution in [2.24, 2.45) is 7.05 Å². The normalized spacial score (nSPS) is 14.9. The summed E-state index contributed by atoms with van der Waals surface area (Å²) in [4.78, 5) is 12.0. The van der Waals surface area contributed by atoms with Gasteiger partial charge in [0, 0.05) is 31.6 Å². The van der Waals surface area contributed by atoms with Crippen LogP contribution < -0.4 is 5.32 Å². The standard InChI is InChI=1S/C15H18F3N5O/c1-9-11(8-19-22(9)2)20-14(24)5-6-23-12(10-3-4-10)7-13(21-23)15(16,17)18/h7-8,10H,3-6H2,1-2H3,(H,20,24). The summed E-state index contributed by atoms with van der Waals surface area (Å²) in [7, 11) is 1.76. The molecule has 130 valence electrons. The minimum Gasteiger partial charge on any atom is -0.323 e. The molecule has 2 aromatic rings. The van der Waals surface area contributed by atoms with Crippen LogP contribution in [0.25, 0.3) is 0 Å². The summed E-state index contributed by atoms with van der Waals surface area (Å²) < 4.78 is 41.4. The van der Waals surface area contributed by atoms with Gasteiger partial charge >= 0.3 is 6.18 Å². The lowest BCUT2D eigenvalue weighted by Crippen LogP contribution is -2.17. The summed E-state index contributed by atoms with van der Waals surface area (Å²) >= 11 is 0. The number of carbonyl (C=O) groups excluding carboxylic acids is 1. The van der Waals surface area contributed by atoms with Gasteiger partial charge in [0.25, 0.3) is 0 Å². The summed E-state index contributed by atoms with van der Waals surface area (Å²) in [5.41, 5.74) is 1.07. The summed E-state index contributed by atoms with van der Waals surface area (Å²) in [5.74, 6) is -0.158. The number of carbonyl (C=O) groups is 1. The highest BCUT2D eigenvalue weighted by Gasteiger charge is 2.37. The van der Waals surface area contributed by atoms with E-state index in [1.165, 1.54) is 4.68 Å². The van der Waals surface area contributed by atoms with E-state index in [0.717, 1.165) is 24.6 Å². The Bertz CT molecular complexity index is 758. The lowest BCUT2D eigenvalue weighted by molar-refractivity contribution is -0.141. The van der Waals surface area contributed by atoms with Gasteiger partial charge in [-0.1, -0.05) is 0 Å². The molecule has 0 unspecified atom stereocenters. The number of amides is 1. The van der Waals surface area contributed by atoms with Crippen LogP contribution in [0, 0.1) is 6.92 Å². The SMILES string of the molecule is Cc1c(NC(=O)CCn2nc(C(F)(F)F)cc2C2CC2)cnn1C. The maximum Gasteiger partial charge on any atom is 0.435 e. The molecule has 0 saturated heterocycles. The van der Waals surface area contributed by atoms with Gasteiger partial charge < -0.3 is 5.32 Å². The smallest absolute Gasteiger partial charge is 0.323 e. The molecule has 1 aliphatic rings. The van der Waals surface area contributed by atoms with Crippen LogP contribution in [0.3, 0.4) is 0 Å².